The second-order valence-corrected chi connectivity index (χ2v) is 6.37. The van der Waals surface area contributed by atoms with Crippen molar-refractivity contribution >= 4 is 23.2 Å². The SMILES string of the molecule is [2H]C1([2H])CN(CCCOC)CC([2H])([2H])C1([2H])NC(=O)c1cc(Cl)c(N)c2c1OCC2. The fourth-order valence-electron chi connectivity index (χ4n) is 2.90. The van der Waals surface area contributed by atoms with E-state index >= 15 is 0 Å². The molecule has 3 rings (SSSR count). The summed E-state index contributed by atoms with van der Waals surface area (Å²) in [5.74, 6) is -0.582. The predicted molar refractivity (Wildman–Crippen MR) is 98.5 cm³/mol. The van der Waals surface area contributed by atoms with Crippen LogP contribution in [0.4, 0.5) is 5.69 Å². The number of nitrogens with zero attached hydrogens (tertiary/aromatic N) is 1. The third kappa shape index (κ3) is 4.19. The molecule has 0 atom stereocenters. The summed E-state index contributed by atoms with van der Waals surface area (Å²) in [7, 11) is 1.56. The zero-order chi connectivity index (χ0) is 22.3. The maximum atomic E-state index is 13.0. The lowest BCUT2D eigenvalue weighted by Crippen LogP contribution is -2.45. The Kier molecular flexibility index (Phi) is 4.22. The van der Waals surface area contributed by atoms with E-state index in [1.807, 2.05) is 0 Å². The Morgan fingerprint density at radius 2 is 2.36 bits per heavy atom. The van der Waals surface area contributed by atoms with Crippen molar-refractivity contribution in [1.29, 1.82) is 0 Å². The molecule has 0 bridgehead atoms. The van der Waals surface area contributed by atoms with Gasteiger partial charge in [0.05, 0.1) is 24.3 Å². The van der Waals surface area contributed by atoms with Crippen LogP contribution in [-0.4, -0.2) is 56.8 Å². The highest BCUT2D eigenvalue weighted by Gasteiger charge is 2.27. The molecule has 2 aliphatic rings. The smallest absolute Gasteiger partial charge is 0.255 e. The predicted octanol–water partition coefficient (Wildman–Crippen LogP) is 2.09. The molecule has 25 heavy (non-hydrogen) atoms. The summed E-state index contributed by atoms with van der Waals surface area (Å²) in [5.41, 5.74) is 6.87. The molecule has 1 aromatic rings. The molecular formula is C18H26ClN3O3. The van der Waals surface area contributed by atoms with Gasteiger partial charge in [0.1, 0.15) is 5.75 Å². The normalized spacial score (nSPS) is 26.2. The van der Waals surface area contributed by atoms with E-state index in [-0.39, 0.29) is 29.4 Å². The molecule has 0 spiro atoms. The van der Waals surface area contributed by atoms with Gasteiger partial charge in [0.25, 0.3) is 5.91 Å². The van der Waals surface area contributed by atoms with Crippen molar-refractivity contribution in [2.24, 2.45) is 0 Å². The van der Waals surface area contributed by atoms with Crippen LogP contribution in [0.15, 0.2) is 6.07 Å². The number of likely N-dealkylation sites (tertiary alicyclic amines) is 1. The Morgan fingerprint density at radius 1 is 1.60 bits per heavy atom. The largest absolute Gasteiger partial charge is 0.492 e. The maximum Gasteiger partial charge on any atom is 0.255 e. The molecule has 1 saturated heterocycles. The van der Waals surface area contributed by atoms with Crippen LogP contribution in [0.1, 0.15) is 41.9 Å². The second-order valence-electron chi connectivity index (χ2n) is 5.97. The zero-order valence-electron chi connectivity index (χ0n) is 19.2. The second kappa shape index (κ2) is 8.25. The number of nitrogens with one attached hydrogen (secondary N) is 1. The molecule has 2 aliphatic heterocycles. The molecule has 1 aromatic carbocycles. The summed E-state index contributed by atoms with van der Waals surface area (Å²) < 4.78 is 52.8. The molecule has 3 N–H and O–H groups in total. The number of amides is 1. The fraction of sp³-hybridized carbons (Fsp3) is 0.611. The number of nitrogen functional groups attached to an aromatic ring is 1. The van der Waals surface area contributed by atoms with E-state index in [2.05, 4.69) is 5.32 Å². The van der Waals surface area contributed by atoms with Crippen molar-refractivity contribution in [3.8, 4) is 5.75 Å². The molecule has 0 radical (unpaired) electrons. The van der Waals surface area contributed by atoms with Gasteiger partial charge in [-0.15, -0.1) is 0 Å². The van der Waals surface area contributed by atoms with E-state index in [1.165, 1.54) is 6.07 Å². The lowest BCUT2D eigenvalue weighted by Gasteiger charge is -2.32. The number of carbonyl (C=O) groups excluding carboxylic acids is 1. The molecule has 1 amide bonds. The van der Waals surface area contributed by atoms with Gasteiger partial charge in [0, 0.05) is 56.8 Å². The van der Waals surface area contributed by atoms with Gasteiger partial charge >= 0.3 is 0 Å². The quantitative estimate of drug-likeness (QED) is 0.590. The lowest BCUT2D eigenvalue weighted by molar-refractivity contribution is 0.0904. The van der Waals surface area contributed by atoms with E-state index in [9.17, 15) is 4.79 Å². The van der Waals surface area contributed by atoms with Crippen molar-refractivity contribution in [1.82, 2.24) is 10.2 Å². The van der Waals surface area contributed by atoms with E-state index in [0.717, 1.165) is 0 Å². The summed E-state index contributed by atoms with van der Waals surface area (Å²) in [5, 5.41) is 2.46. The van der Waals surface area contributed by atoms with Crippen LogP contribution >= 0.6 is 11.6 Å². The number of ether oxygens (including phenoxy) is 2. The Bertz CT molecular complexity index is 822. The van der Waals surface area contributed by atoms with Gasteiger partial charge in [0.2, 0.25) is 0 Å². The number of nitrogens with two attached hydrogens (primary N) is 1. The molecule has 0 aromatic heterocycles. The minimum Gasteiger partial charge on any atom is -0.492 e. The molecule has 0 saturated carbocycles. The first-order chi connectivity index (χ1) is 13.9. The van der Waals surface area contributed by atoms with Crippen LogP contribution in [0.2, 0.25) is 5.02 Å². The first kappa shape index (κ1) is 12.8. The third-order valence-corrected chi connectivity index (χ3v) is 4.55. The number of halogens is 1. The van der Waals surface area contributed by atoms with Gasteiger partial charge in [-0.1, -0.05) is 11.6 Å². The minimum atomic E-state index is -2.52. The van der Waals surface area contributed by atoms with Crippen molar-refractivity contribution in [3.05, 3.63) is 22.2 Å². The molecule has 7 heteroatoms. The Balaban J connectivity index is 1.87. The number of hydrogen-bond donors (Lipinski definition) is 2. The van der Waals surface area contributed by atoms with Gasteiger partial charge in [-0.2, -0.15) is 0 Å². The van der Waals surface area contributed by atoms with Crippen LogP contribution in [0.3, 0.4) is 0 Å². The molecule has 138 valence electrons. The molecule has 0 aliphatic carbocycles. The highest BCUT2D eigenvalue weighted by atomic mass is 35.5. The summed E-state index contributed by atoms with van der Waals surface area (Å²) in [4.78, 5) is 14.6. The number of piperidine rings is 1. The summed E-state index contributed by atoms with van der Waals surface area (Å²) in [6.45, 7) is 0.818. The number of hydrogen-bond acceptors (Lipinski definition) is 5. The number of fused-ring (bicyclic) bond motifs is 1. The van der Waals surface area contributed by atoms with E-state index in [1.54, 1.807) is 12.0 Å². The highest BCUT2D eigenvalue weighted by molar-refractivity contribution is 6.33. The number of methoxy groups -OCH3 is 1. The van der Waals surface area contributed by atoms with Crippen LogP contribution < -0.4 is 15.8 Å². The fourth-order valence-corrected chi connectivity index (χ4v) is 3.12. The molecule has 1 fully saturated rings. The first-order valence-electron chi connectivity index (χ1n) is 10.7. The van der Waals surface area contributed by atoms with Crippen molar-refractivity contribution in [3.63, 3.8) is 0 Å². The van der Waals surface area contributed by atoms with Gasteiger partial charge in [-0.3, -0.25) is 4.79 Å². The highest BCUT2D eigenvalue weighted by Crippen LogP contribution is 2.38. The topological polar surface area (TPSA) is 76.8 Å². The molecular weight excluding hydrogens is 342 g/mol. The maximum absolute atomic E-state index is 13.0. The summed E-state index contributed by atoms with van der Waals surface area (Å²) in [6, 6.07) is -1.21. The van der Waals surface area contributed by atoms with E-state index in [0.29, 0.717) is 43.9 Å². The van der Waals surface area contributed by atoms with E-state index in [4.69, 9.17) is 33.7 Å². The summed E-state index contributed by atoms with van der Waals surface area (Å²) >= 11 is 6.14. The Hall–Kier alpha value is -1.50. The van der Waals surface area contributed by atoms with Crippen molar-refractivity contribution < 1.29 is 21.1 Å². The summed E-state index contributed by atoms with van der Waals surface area (Å²) in [6.07, 6.45) is -3.64. The average Bonchev–Trinajstić information content (AvgIpc) is 3.12. The lowest BCUT2D eigenvalue weighted by atomic mass is 10.0. The molecule has 6 nitrogen and oxygen atoms in total. The molecule has 0 unspecified atom stereocenters. The number of rotatable bonds is 6. The average molecular weight is 373 g/mol. The van der Waals surface area contributed by atoms with Crippen molar-refractivity contribution in [2.45, 2.75) is 31.6 Å². The number of carbonyl (C=O) groups is 1. The number of benzene rings is 1. The van der Waals surface area contributed by atoms with Gasteiger partial charge < -0.3 is 25.4 Å². The van der Waals surface area contributed by atoms with Gasteiger partial charge in [-0.25, -0.2) is 0 Å². The Morgan fingerprint density at radius 3 is 3.08 bits per heavy atom. The third-order valence-electron chi connectivity index (χ3n) is 4.24. The number of anilines is 1. The minimum absolute atomic E-state index is 0.0162. The van der Waals surface area contributed by atoms with Gasteiger partial charge in [-0.05, 0) is 25.2 Å². The monoisotopic (exact) mass is 372 g/mol. The van der Waals surface area contributed by atoms with Crippen molar-refractivity contribution in [2.75, 3.05) is 45.7 Å². The van der Waals surface area contributed by atoms with Crippen LogP contribution in [0.5, 0.6) is 5.75 Å². The van der Waals surface area contributed by atoms with Gasteiger partial charge in [0.15, 0.2) is 0 Å². The van der Waals surface area contributed by atoms with Crippen LogP contribution in [-0.2, 0) is 11.2 Å². The Labute approximate surface area is 160 Å². The van der Waals surface area contributed by atoms with Crippen LogP contribution in [0, 0.1) is 0 Å². The first-order valence-corrected chi connectivity index (χ1v) is 8.59. The standard InChI is InChI=1S/C18H26ClN3O3/c1-24-9-2-6-22-7-3-12(4-8-22)21-18(23)14-11-15(19)16(20)13-5-10-25-17(13)14/h11-12H,2-10,20H2,1H3,(H,21,23)/i3D2,4D2,12D. The van der Waals surface area contributed by atoms with Crippen LogP contribution in [0.25, 0.3) is 0 Å². The molecule has 2 heterocycles. The van der Waals surface area contributed by atoms with E-state index < -0.39 is 24.7 Å². The zero-order valence-corrected chi connectivity index (χ0v) is 14.9.